The summed E-state index contributed by atoms with van der Waals surface area (Å²) in [6, 6.07) is 9.36. The first-order valence-corrected chi connectivity index (χ1v) is 7.70. The number of amides is 2. The van der Waals surface area contributed by atoms with Gasteiger partial charge >= 0.3 is 0 Å². The highest BCUT2D eigenvalue weighted by Gasteiger charge is 2.33. The van der Waals surface area contributed by atoms with E-state index in [1.807, 2.05) is 0 Å². The van der Waals surface area contributed by atoms with Crippen LogP contribution < -0.4 is 10.6 Å². The van der Waals surface area contributed by atoms with Gasteiger partial charge in [-0.25, -0.2) is 0 Å². The molecular formula is C20H14N2O4. The van der Waals surface area contributed by atoms with E-state index in [0.29, 0.717) is 5.56 Å². The SMILES string of the molecule is C=CC(=O)Nc1ccc2c(c1NC(=O)C=C)C(=O)c1ccccc1C2=O. The molecule has 0 aromatic heterocycles. The average Bonchev–Trinajstić information content (AvgIpc) is 2.66. The monoisotopic (exact) mass is 346 g/mol. The lowest BCUT2D eigenvalue weighted by Crippen LogP contribution is -2.25. The van der Waals surface area contributed by atoms with E-state index >= 15 is 0 Å². The predicted molar refractivity (Wildman–Crippen MR) is 97.4 cm³/mol. The number of hydrogen-bond acceptors (Lipinski definition) is 4. The molecule has 0 bridgehead atoms. The molecule has 0 fully saturated rings. The molecule has 0 radical (unpaired) electrons. The standard InChI is InChI=1S/C20H14N2O4/c1-3-15(23)21-14-10-9-13-17(18(14)22-16(24)4-2)20(26)12-8-6-5-7-11(12)19(13)25/h3-10H,1-2H2,(H,21,23)(H,22,24). The van der Waals surface area contributed by atoms with Gasteiger partial charge in [0.15, 0.2) is 11.6 Å². The Morgan fingerprint density at radius 2 is 1.35 bits per heavy atom. The zero-order valence-corrected chi connectivity index (χ0v) is 13.7. The normalized spacial score (nSPS) is 11.8. The average molecular weight is 346 g/mol. The van der Waals surface area contributed by atoms with Crippen molar-refractivity contribution in [2.45, 2.75) is 0 Å². The second-order valence-electron chi connectivity index (χ2n) is 5.50. The van der Waals surface area contributed by atoms with Crippen LogP contribution in [0.5, 0.6) is 0 Å². The summed E-state index contributed by atoms with van der Waals surface area (Å²) in [6.45, 7) is 6.75. The van der Waals surface area contributed by atoms with E-state index in [2.05, 4.69) is 23.8 Å². The van der Waals surface area contributed by atoms with Crippen molar-refractivity contribution in [2.75, 3.05) is 10.6 Å². The van der Waals surface area contributed by atoms with Crippen molar-refractivity contribution < 1.29 is 19.2 Å². The molecule has 128 valence electrons. The van der Waals surface area contributed by atoms with E-state index in [9.17, 15) is 19.2 Å². The summed E-state index contributed by atoms with van der Waals surface area (Å²) in [5, 5.41) is 5.05. The van der Waals surface area contributed by atoms with Gasteiger partial charge in [0.05, 0.1) is 16.9 Å². The lowest BCUT2D eigenvalue weighted by Gasteiger charge is -2.22. The molecule has 3 rings (SSSR count). The zero-order chi connectivity index (χ0) is 18.8. The minimum atomic E-state index is -0.577. The molecule has 1 aliphatic carbocycles. The van der Waals surface area contributed by atoms with Gasteiger partial charge in [-0.05, 0) is 24.3 Å². The molecule has 0 spiro atoms. The molecular weight excluding hydrogens is 332 g/mol. The zero-order valence-electron chi connectivity index (χ0n) is 13.7. The van der Waals surface area contributed by atoms with E-state index < -0.39 is 17.6 Å². The molecule has 2 aromatic carbocycles. The van der Waals surface area contributed by atoms with Crippen molar-refractivity contribution in [2.24, 2.45) is 0 Å². The molecule has 0 unspecified atom stereocenters. The molecule has 2 amide bonds. The van der Waals surface area contributed by atoms with E-state index in [1.54, 1.807) is 24.3 Å². The molecule has 0 atom stereocenters. The first kappa shape index (κ1) is 17.0. The number of ketones is 2. The van der Waals surface area contributed by atoms with E-state index in [-0.39, 0.29) is 33.8 Å². The molecule has 26 heavy (non-hydrogen) atoms. The summed E-state index contributed by atoms with van der Waals surface area (Å²) >= 11 is 0. The predicted octanol–water partition coefficient (Wildman–Crippen LogP) is 2.71. The number of benzene rings is 2. The Morgan fingerprint density at radius 3 is 1.96 bits per heavy atom. The number of carbonyl (C=O) groups excluding carboxylic acids is 4. The Balaban J connectivity index is 2.25. The van der Waals surface area contributed by atoms with E-state index in [1.165, 1.54) is 12.1 Å². The summed E-state index contributed by atoms with van der Waals surface area (Å²) in [4.78, 5) is 49.3. The Labute approximate surface area is 149 Å². The summed E-state index contributed by atoms with van der Waals surface area (Å²) in [6.07, 6.45) is 2.09. The minimum Gasteiger partial charge on any atom is -0.321 e. The van der Waals surface area contributed by atoms with E-state index in [0.717, 1.165) is 12.2 Å². The van der Waals surface area contributed by atoms with Crippen LogP contribution in [0, 0.1) is 0 Å². The van der Waals surface area contributed by atoms with Gasteiger partial charge in [-0.3, -0.25) is 19.2 Å². The molecule has 0 saturated carbocycles. The Bertz CT molecular complexity index is 1000. The lowest BCUT2D eigenvalue weighted by molar-refractivity contribution is -0.112. The van der Waals surface area contributed by atoms with Crippen LogP contribution in [0.15, 0.2) is 61.7 Å². The summed E-state index contributed by atoms with van der Waals surface area (Å²) in [5.74, 6) is -1.84. The molecule has 6 nitrogen and oxygen atoms in total. The number of carbonyl (C=O) groups is 4. The highest BCUT2D eigenvalue weighted by Crippen LogP contribution is 2.36. The summed E-state index contributed by atoms with van der Waals surface area (Å²) in [5.41, 5.74) is 0.968. The van der Waals surface area contributed by atoms with Crippen LogP contribution in [0.4, 0.5) is 11.4 Å². The minimum absolute atomic E-state index is 0.0331. The Hall–Kier alpha value is -3.80. The van der Waals surface area contributed by atoms with Crippen molar-refractivity contribution in [3.8, 4) is 0 Å². The number of fused-ring (bicyclic) bond motifs is 2. The van der Waals surface area contributed by atoms with Crippen LogP contribution in [0.1, 0.15) is 31.8 Å². The first-order chi connectivity index (χ1) is 12.5. The largest absolute Gasteiger partial charge is 0.321 e. The maximum absolute atomic E-state index is 13.0. The van der Waals surface area contributed by atoms with Crippen molar-refractivity contribution >= 4 is 34.8 Å². The highest BCUT2D eigenvalue weighted by atomic mass is 16.2. The van der Waals surface area contributed by atoms with Crippen molar-refractivity contribution in [3.63, 3.8) is 0 Å². The fourth-order valence-electron chi connectivity index (χ4n) is 2.78. The van der Waals surface area contributed by atoms with Gasteiger partial charge < -0.3 is 10.6 Å². The Morgan fingerprint density at radius 1 is 0.769 bits per heavy atom. The van der Waals surface area contributed by atoms with Gasteiger partial charge in [0, 0.05) is 16.7 Å². The molecule has 0 saturated heterocycles. The third-order valence-electron chi connectivity index (χ3n) is 3.97. The van der Waals surface area contributed by atoms with Gasteiger partial charge in [-0.1, -0.05) is 37.4 Å². The van der Waals surface area contributed by atoms with Gasteiger partial charge in [0.25, 0.3) is 0 Å². The second-order valence-corrected chi connectivity index (χ2v) is 5.50. The highest BCUT2D eigenvalue weighted by molar-refractivity contribution is 6.31. The molecule has 0 heterocycles. The number of nitrogens with one attached hydrogen (secondary N) is 2. The summed E-state index contributed by atoms with van der Waals surface area (Å²) in [7, 11) is 0. The number of rotatable bonds is 4. The molecule has 0 aliphatic heterocycles. The van der Waals surface area contributed by atoms with Crippen molar-refractivity contribution in [1.29, 1.82) is 0 Å². The van der Waals surface area contributed by atoms with Crippen LogP contribution in [0.2, 0.25) is 0 Å². The third-order valence-corrected chi connectivity index (χ3v) is 3.97. The Kier molecular flexibility index (Phi) is 4.33. The molecule has 2 aromatic rings. The van der Waals surface area contributed by atoms with Crippen LogP contribution in [0.25, 0.3) is 0 Å². The third kappa shape index (κ3) is 2.73. The maximum atomic E-state index is 13.0. The fourth-order valence-corrected chi connectivity index (χ4v) is 2.78. The smallest absolute Gasteiger partial charge is 0.247 e. The van der Waals surface area contributed by atoms with Crippen LogP contribution in [-0.2, 0) is 9.59 Å². The summed E-state index contributed by atoms with van der Waals surface area (Å²) < 4.78 is 0. The van der Waals surface area contributed by atoms with Crippen molar-refractivity contribution in [3.05, 3.63) is 84.0 Å². The first-order valence-electron chi connectivity index (χ1n) is 7.70. The van der Waals surface area contributed by atoms with Gasteiger partial charge in [0.1, 0.15) is 0 Å². The van der Waals surface area contributed by atoms with Gasteiger partial charge in [-0.2, -0.15) is 0 Å². The fraction of sp³-hybridized carbons (Fsp3) is 0. The van der Waals surface area contributed by atoms with Crippen LogP contribution >= 0.6 is 0 Å². The topological polar surface area (TPSA) is 92.3 Å². The lowest BCUT2D eigenvalue weighted by atomic mass is 9.83. The van der Waals surface area contributed by atoms with Gasteiger partial charge in [0.2, 0.25) is 11.8 Å². The van der Waals surface area contributed by atoms with Crippen LogP contribution in [-0.4, -0.2) is 23.4 Å². The molecule has 1 aliphatic rings. The number of hydrogen-bond donors (Lipinski definition) is 2. The van der Waals surface area contributed by atoms with Crippen LogP contribution in [0.3, 0.4) is 0 Å². The second kappa shape index (κ2) is 6.60. The molecule has 6 heteroatoms. The van der Waals surface area contributed by atoms with Crippen molar-refractivity contribution in [1.82, 2.24) is 0 Å². The van der Waals surface area contributed by atoms with Gasteiger partial charge in [-0.15, -0.1) is 0 Å². The number of anilines is 2. The maximum Gasteiger partial charge on any atom is 0.247 e. The molecule has 2 N–H and O–H groups in total. The quantitative estimate of drug-likeness (QED) is 0.711. The van der Waals surface area contributed by atoms with E-state index in [4.69, 9.17) is 0 Å².